The second-order valence-corrected chi connectivity index (χ2v) is 5.07. The van der Waals surface area contributed by atoms with Crippen molar-refractivity contribution in [3.63, 3.8) is 0 Å². The smallest absolute Gasteiger partial charge is 0.234 e. The summed E-state index contributed by atoms with van der Waals surface area (Å²) in [5.74, 6) is 0.974. The standard InChI is InChI=1S/C16H23N3O3/c1-19(2)10-5-11-22-16-13(6-4-7-14(16)21-3)12-18-15(20)8-9-17/h4,6-7H,5,8,10-12H2,1-3H3,(H,18,20). The van der Waals surface area contributed by atoms with Crippen LogP contribution in [0.25, 0.3) is 0 Å². The molecule has 0 aliphatic rings. The van der Waals surface area contributed by atoms with E-state index in [-0.39, 0.29) is 12.3 Å². The number of nitrogens with zero attached hydrogens (tertiary/aromatic N) is 2. The number of ether oxygens (including phenoxy) is 2. The molecule has 0 saturated heterocycles. The Morgan fingerprint density at radius 2 is 2.18 bits per heavy atom. The van der Waals surface area contributed by atoms with Gasteiger partial charge in [-0.15, -0.1) is 0 Å². The first kappa shape index (κ1) is 17.8. The van der Waals surface area contributed by atoms with E-state index >= 15 is 0 Å². The van der Waals surface area contributed by atoms with Crippen LogP contribution in [0.5, 0.6) is 11.5 Å². The zero-order valence-corrected chi connectivity index (χ0v) is 13.4. The average Bonchev–Trinajstić information content (AvgIpc) is 2.50. The fourth-order valence-corrected chi connectivity index (χ4v) is 1.91. The van der Waals surface area contributed by atoms with Gasteiger partial charge in [0.2, 0.25) is 5.91 Å². The fraction of sp³-hybridized carbons (Fsp3) is 0.500. The van der Waals surface area contributed by atoms with Crippen LogP contribution in [-0.4, -0.2) is 45.2 Å². The number of nitriles is 1. The predicted molar refractivity (Wildman–Crippen MR) is 83.7 cm³/mol. The summed E-state index contributed by atoms with van der Waals surface area (Å²) < 4.78 is 11.2. The molecule has 1 aromatic rings. The number of amides is 1. The monoisotopic (exact) mass is 305 g/mol. The molecule has 120 valence electrons. The molecule has 0 heterocycles. The summed E-state index contributed by atoms with van der Waals surface area (Å²) in [6.07, 6.45) is 0.744. The lowest BCUT2D eigenvalue weighted by molar-refractivity contribution is -0.120. The van der Waals surface area contributed by atoms with E-state index in [1.165, 1.54) is 0 Å². The molecule has 1 aromatic carbocycles. The van der Waals surface area contributed by atoms with Gasteiger partial charge in [-0.05, 0) is 26.6 Å². The molecule has 6 heteroatoms. The summed E-state index contributed by atoms with van der Waals surface area (Å²) in [6, 6.07) is 7.36. The van der Waals surface area contributed by atoms with Gasteiger partial charge in [0, 0.05) is 18.7 Å². The molecule has 0 atom stereocenters. The molecule has 1 rings (SSSR count). The molecule has 0 unspecified atom stereocenters. The molecular formula is C16H23N3O3. The van der Waals surface area contributed by atoms with Gasteiger partial charge in [0.15, 0.2) is 11.5 Å². The van der Waals surface area contributed by atoms with Gasteiger partial charge in [0.25, 0.3) is 0 Å². The van der Waals surface area contributed by atoms with Crippen LogP contribution in [0.4, 0.5) is 0 Å². The van der Waals surface area contributed by atoms with Gasteiger partial charge in [-0.25, -0.2) is 0 Å². The number of benzene rings is 1. The maximum atomic E-state index is 11.4. The van der Waals surface area contributed by atoms with Crippen molar-refractivity contribution in [1.82, 2.24) is 10.2 Å². The number of carbonyl (C=O) groups excluding carboxylic acids is 1. The number of methoxy groups -OCH3 is 1. The molecule has 1 N–H and O–H groups in total. The average molecular weight is 305 g/mol. The van der Waals surface area contributed by atoms with Gasteiger partial charge in [0.05, 0.1) is 19.8 Å². The molecule has 0 bridgehead atoms. The minimum Gasteiger partial charge on any atom is -0.493 e. The zero-order valence-electron chi connectivity index (χ0n) is 13.4. The van der Waals surface area contributed by atoms with Crippen LogP contribution in [0.2, 0.25) is 0 Å². The van der Waals surface area contributed by atoms with Crippen molar-refractivity contribution in [1.29, 1.82) is 5.26 Å². The number of carbonyl (C=O) groups is 1. The highest BCUT2D eigenvalue weighted by Gasteiger charge is 2.11. The predicted octanol–water partition coefficient (Wildman–Crippen LogP) is 1.56. The van der Waals surface area contributed by atoms with Crippen LogP contribution in [-0.2, 0) is 11.3 Å². The van der Waals surface area contributed by atoms with Crippen molar-refractivity contribution in [3.05, 3.63) is 23.8 Å². The van der Waals surface area contributed by atoms with E-state index in [1.807, 2.05) is 38.4 Å². The molecule has 0 aromatic heterocycles. The quantitative estimate of drug-likeness (QED) is 0.701. The summed E-state index contributed by atoms with van der Waals surface area (Å²) in [6.45, 7) is 1.81. The van der Waals surface area contributed by atoms with E-state index in [1.54, 1.807) is 7.11 Å². The summed E-state index contributed by atoms with van der Waals surface area (Å²) in [5.41, 5.74) is 0.829. The third-order valence-corrected chi connectivity index (χ3v) is 2.99. The van der Waals surface area contributed by atoms with Crippen LogP contribution < -0.4 is 14.8 Å². The first-order valence-corrected chi connectivity index (χ1v) is 7.15. The minimum atomic E-state index is -0.302. The Balaban J connectivity index is 2.70. The van der Waals surface area contributed by atoms with Gasteiger partial charge in [0.1, 0.15) is 6.42 Å². The number of hydrogen-bond donors (Lipinski definition) is 1. The Morgan fingerprint density at radius 1 is 1.41 bits per heavy atom. The Hall–Kier alpha value is -2.26. The molecule has 0 spiro atoms. The first-order valence-electron chi connectivity index (χ1n) is 7.15. The Morgan fingerprint density at radius 3 is 2.82 bits per heavy atom. The lowest BCUT2D eigenvalue weighted by Crippen LogP contribution is -2.22. The second-order valence-electron chi connectivity index (χ2n) is 5.07. The van der Waals surface area contributed by atoms with Crippen LogP contribution in [0, 0.1) is 11.3 Å². The van der Waals surface area contributed by atoms with E-state index < -0.39 is 0 Å². The van der Waals surface area contributed by atoms with Crippen LogP contribution >= 0.6 is 0 Å². The normalized spacial score (nSPS) is 10.1. The maximum Gasteiger partial charge on any atom is 0.234 e. The van der Waals surface area contributed by atoms with E-state index in [4.69, 9.17) is 14.7 Å². The molecule has 22 heavy (non-hydrogen) atoms. The highest BCUT2D eigenvalue weighted by atomic mass is 16.5. The van der Waals surface area contributed by atoms with Gasteiger partial charge in [-0.1, -0.05) is 12.1 Å². The number of nitrogens with one attached hydrogen (secondary N) is 1. The van der Waals surface area contributed by atoms with Crippen LogP contribution in [0.3, 0.4) is 0 Å². The summed E-state index contributed by atoms with van der Waals surface area (Å²) in [5, 5.41) is 11.2. The van der Waals surface area contributed by atoms with Crippen molar-refractivity contribution in [3.8, 4) is 17.6 Å². The SMILES string of the molecule is COc1cccc(CNC(=O)CC#N)c1OCCCN(C)C. The highest BCUT2D eigenvalue weighted by molar-refractivity contribution is 5.78. The Labute approximate surface area is 131 Å². The fourth-order valence-electron chi connectivity index (χ4n) is 1.91. The van der Waals surface area contributed by atoms with Crippen molar-refractivity contribution in [2.24, 2.45) is 0 Å². The van der Waals surface area contributed by atoms with E-state index in [0.29, 0.717) is 24.7 Å². The molecule has 0 saturated carbocycles. The third-order valence-electron chi connectivity index (χ3n) is 2.99. The Kier molecular flexibility index (Phi) is 7.79. The van der Waals surface area contributed by atoms with Gasteiger partial charge in [-0.3, -0.25) is 4.79 Å². The summed E-state index contributed by atoms with van der Waals surface area (Å²) >= 11 is 0. The van der Waals surface area contributed by atoms with E-state index in [9.17, 15) is 4.79 Å². The minimum absolute atomic E-state index is 0.150. The number of rotatable bonds is 9. The second kappa shape index (κ2) is 9.64. The first-order chi connectivity index (χ1) is 10.6. The Bertz CT molecular complexity index is 524. The largest absolute Gasteiger partial charge is 0.493 e. The lowest BCUT2D eigenvalue weighted by atomic mass is 10.1. The van der Waals surface area contributed by atoms with Crippen LogP contribution in [0.1, 0.15) is 18.4 Å². The third kappa shape index (κ3) is 6.02. The molecule has 6 nitrogen and oxygen atoms in total. The van der Waals surface area contributed by atoms with Gasteiger partial charge in [-0.2, -0.15) is 5.26 Å². The maximum absolute atomic E-state index is 11.4. The van der Waals surface area contributed by atoms with Crippen LogP contribution in [0.15, 0.2) is 18.2 Å². The lowest BCUT2D eigenvalue weighted by Gasteiger charge is -2.16. The topological polar surface area (TPSA) is 74.6 Å². The van der Waals surface area contributed by atoms with Gasteiger partial charge < -0.3 is 19.7 Å². The number of para-hydroxylation sites is 1. The van der Waals surface area contributed by atoms with Crippen molar-refractivity contribution >= 4 is 5.91 Å². The molecule has 1 amide bonds. The van der Waals surface area contributed by atoms with Gasteiger partial charge >= 0.3 is 0 Å². The van der Waals surface area contributed by atoms with E-state index in [2.05, 4.69) is 10.2 Å². The molecule has 0 radical (unpaired) electrons. The molecular weight excluding hydrogens is 282 g/mol. The molecule has 0 fully saturated rings. The van der Waals surface area contributed by atoms with Crippen molar-refractivity contribution in [2.75, 3.05) is 34.4 Å². The summed E-state index contributed by atoms with van der Waals surface area (Å²) in [7, 11) is 5.61. The summed E-state index contributed by atoms with van der Waals surface area (Å²) in [4.78, 5) is 13.5. The van der Waals surface area contributed by atoms with Crippen molar-refractivity contribution < 1.29 is 14.3 Å². The molecule has 0 aliphatic carbocycles. The number of hydrogen-bond acceptors (Lipinski definition) is 5. The van der Waals surface area contributed by atoms with E-state index in [0.717, 1.165) is 18.5 Å². The molecule has 0 aliphatic heterocycles. The highest BCUT2D eigenvalue weighted by Crippen LogP contribution is 2.31. The van der Waals surface area contributed by atoms with Crippen molar-refractivity contribution in [2.45, 2.75) is 19.4 Å². The zero-order chi connectivity index (χ0) is 16.4.